The molecule has 0 fully saturated rings. The quantitative estimate of drug-likeness (QED) is 0.409. The van der Waals surface area contributed by atoms with Gasteiger partial charge in [0.1, 0.15) is 0 Å². The molecule has 0 saturated carbocycles. The van der Waals surface area contributed by atoms with E-state index in [2.05, 4.69) is 20.2 Å². The van der Waals surface area contributed by atoms with Crippen LogP contribution in [0.15, 0.2) is 76.4 Å². The SMILES string of the molecule is Cc1ccc(NC(=O)c2n[nH]c(=O)c3ccccc23)cc1S(=O)(=O)Nc1cccc(Cl)c1. The topological polar surface area (TPSA) is 121 Å². The number of anilines is 2. The van der Waals surface area contributed by atoms with Crippen LogP contribution in [0, 0.1) is 6.92 Å². The first-order valence-corrected chi connectivity index (χ1v) is 11.3. The van der Waals surface area contributed by atoms with Gasteiger partial charge in [0.15, 0.2) is 5.69 Å². The van der Waals surface area contributed by atoms with Crippen LogP contribution in [0.3, 0.4) is 0 Å². The van der Waals surface area contributed by atoms with Crippen LogP contribution in [0.25, 0.3) is 10.8 Å². The summed E-state index contributed by atoms with van der Waals surface area (Å²) in [5.41, 5.74) is 0.666. The van der Waals surface area contributed by atoms with Crippen LogP contribution in [0.4, 0.5) is 11.4 Å². The summed E-state index contributed by atoms with van der Waals surface area (Å²) in [6.07, 6.45) is 0. The van der Waals surface area contributed by atoms with Crippen LogP contribution >= 0.6 is 11.6 Å². The Kier molecular flexibility index (Phi) is 5.68. The van der Waals surface area contributed by atoms with E-state index in [0.717, 1.165) is 0 Å². The fourth-order valence-electron chi connectivity index (χ4n) is 3.21. The Labute approximate surface area is 188 Å². The Bertz CT molecular complexity index is 1520. The number of halogens is 1. The molecule has 0 saturated heterocycles. The molecular weight excluding hydrogens is 452 g/mol. The smallest absolute Gasteiger partial charge is 0.276 e. The molecule has 0 aliphatic heterocycles. The molecule has 4 rings (SSSR count). The molecule has 4 aromatic rings. The first-order valence-electron chi connectivity index (χ1n) is 9.42. The second-order valence-electron chi connectivity index (χ2n) is 7.00. The maximum Gasteiger partial charge on any atom is 0.276 e. The lowest BCUT2D eigenvalue weighted by atomic mass is 10.1. The van der Waals surface area contributed by atoms with Gasteiger partial charge < -0.3 is 5.32 Å². The molecule has 10 heteroatoms. The number of aryl methyl sites for hydroxylation is 1. The highest BCUT2D eigenvalue weighted by Gasteiger charge is 2.20. The van der Waals surface area contributed by atoms with E-state index in [4.69, 9.17) is 11.6 Å². The van der Waals surface area contributed by atoms with E-state index in [-0.39, 0.29) is 16.3 Å². The molecule has 0 atom stereocenters. The van der Waals surface area contributed by atoms with E-state index >= 15 is 0 Å². The van der Waals surface area contributed by atoms with E-state index in [0.29, 0.717) is 27.0 Å². The number of sulfonamides is 1. The van der Waals surface area contributed by atoms with Crippen molar-refractivity contribution >= 4 is 49.7 Å². The number of carbonyl (C=O) groups is 1. The highest BCUT2D eigenvalue weighted by atomic mass is 35.5. The second-order valence-corrected chi connectivity index (χ2v) is 9.08. The van der Waals surface area contributed by atoms with Crippen molar-refractivity contribution in [1.29, 1.82) is 0 Å². The van der Waals surface area contributed by atoms with Crippen molar-refractivity contribution in [3.05, 3.63) is 93.4 Å². The van der Waals surface area contributed by atoms with E-state index < -0.39 is 21.5 Å². The van der Waals surface area contributed by atoms with Crippen molar-refractivity contribution in [3.63, 3.8) is 0 Å². The standard InChI is InChI=1S/C22H17ClN4O4S/c1-13-9-10-15(12-19(13)32(30,31)27-16-6-4-5-14(23)11-16)24-22(29)20-17-7-2-3-8-18(17)21(28)26-25-20/h2-12,27H,1H3,(H,24,29)(H,26,28). The summed E-state index contributed by atoms with van der Waals surface area (Å²) in [5.74, 6) is -0.590. The minimum atomic E-state index is -3.95. The fourth-order valence-corrected chi connectivity index (χ4v) is 4.72. The zero-order chi connectivity index (χ0) is 22.9. The first kappa shape index (κ1) is 21.5. The van der Waals surface area contributed by atoms with E-state index in [1.54, 1.807) is 61.5 Å². The molecule has 0 bridgehead atoms. The highest BCUT2D eigenvalue weighted by Crippen LogP contribution is 2.25. The normalized spacial score (nSPS) is 11.3. The van der Waals surface area contributed by atoms with Crippen molar-refractivity contribution in [3.8, 4) is 0 Å². The van der Waals surface area contributed by atoms with Gasteiger partial charge in [0.05, 0.1) is 16.0 Å². The van der Waals surface area contributed by atoms with Crippen LogP contribution in [0.5, 0.6) is 0 Å². The predicted octanol–water partition coefficient (Wildman–Crippen LogP) is 3.94. The second kappa shape index (κ2) is 8.45. The summed E-state index contributed by atoms with van der Waals surface area (Å²) in [6, 6.07) is 17.4. The number of aromatic nitrogens is 2. The van der Waals surface area contributed by atoms with Gasteiger partial charge in [-0.05, 0) is 48.9 Å². The number of aromatic amines is 1. The predicted molar refractivity (Wildman–Crippen MR) is 124 cm³/mol. The molecular formula is C22H17ClN4O4S. The molecule has 0 aliphatic carbocycles. The third-order valence-corrected chi connectivity index (χ3v) is 6.48. The molecule has 0 spiro atoms. The average Bonchev–Trinajstić information content (AvgIpc) is 2.75. The molecule has 0 unspecified atom stereocenters. The van der Waals surface area contributed by atoms with Crippen molar-refractivity contribution in [1.82, 2.24) is 10.2 Å². The summed E-state index contributed by atoms with van der Waals surface area (Å²) in [7, 11) is -3.95. The summed E-state index contributed by atoms with van der Waals surface area (Å²) in [6.45, 7) is 1.65. The van der Waals surface area contributed by atoms with Crippen LogP contribution in [-0.2, 0) is 10.0 Å². The molecule has 0 radical (unpaired) electrons. The van der Waals surface area contributed by atoms with Crippen LogP contribution in [-0.4, -0.2) is 24.5 Å². The zero-order valence-electron chi connectivity index (χ0n) is 16.7. The lowest BCUT2D eigenvalue weighted by molar-refractivity contribution is 0.102. The Morgan fingerprint density at radius 3 is 2.47 bits per heavy atom. The van der Waals surface area contributed by atoms with Crippen LogP contribution in [0.2, 0.25) is 5.02 Å². The van der Waals surface area contributed by atoms with Crippen LogP contribution < -0.4 is 15.6 Å². The number of H-pyrrole nitrogens is 1. The Morgan fingerprint density at radius 2 is 1.72 bits per heavy atom. The molecule has 8 nitrogen and oxygen atoms in total. The van der Waals surface area contributed by atoms with Gasteiger partial charge in [-0.1, -0.05) is 41.9 Å². The number of nitrogens with one attached hydrogen (secondary N) is 3. The lowest BCUT2D eigenvalue weighted by Crippen LogP contribution is -2.20. The van der Waals surface area contributed by atoms with Crippen molar-refractivity contribution in [2.45, 2.75) is 11.8 Å². The van der Waals surface area contributed by atoms with Crippen molar-refractivity contribution in [2.75, 3.05) is 10.0 Å². The fraction of sp³-hybridized carbons (Fsp3) is 0.0455. The van der Waals surface area contributed by atoms with E-state index in [1.165, 1.54) is 12.1 Å². The molecule has 1 amide bonds. The molecule has 3 N–H and O–H groups in total. The molecule has 162 valence electrons. The van der Waals surface area contributed by atoms with E-state index in [1.807, 2.05) is 0 Å². The van der Waals surface area contributed by atoms with Gasteiger partial charge in [-0.2, -0.15) is 5.10 Å². The van der Waals surface area contributed by atoms with Gasteiger partial charge in [-0.25, -0.2) is 13.5 Å². The number of fused-ring (bicyclic) bond motifs is 1. The average molecular weight is 469 g/mol. The zero-order valence-corrected chi connectivity index (χ0v) is 18.3. The maximum atomic E-state index is 12.9. The Hall–Kier alpha value is -3.69. The van der Waals surface area contributed by atoms with Crippen molar-refractivity contribution < 1.29 is 13.2 Å². The van der Waals surface area contributed by atoms with Crippen molar-refractivity contribution in [2.24, 2.45) is 0 Å². The maximum absolute atomic E-state index is 12.9. The first-order chi connectivity index (χ1) is 15.2. The van der Waals surface area contributed by atoms with Crippen LogP contribution in [0.1, 0.15) is 16.1 Å². The van der Waals surface area contributed by atoms with Gasteiger partial charge in [0.25, 0.3) is 21.5 Å². The Balaban J connectivity index is 1.66. The molecule has 1 aromatic heterocycles. The number of nitrogens with zero attached hydrogens (tertiary/aromatic N) is 1. The number of benzene rings is 3. The third kappa shape index (κ3) is 4.34. The number of hydrogen-bond acceptors (Lipinski definition) is 5. The highest BCUT2D eigenvalue weighted by molar-refractivity contribution is 7.92. The van der Waals surface area contributed by atoms with Gasteiger partial charge in [0.2, 0.25) is 0 Å². The minimum Gasteiger partial charge on any atom is -0.321 e. The monoisotopic (exact) mass is 468 g/mol. The number of carbonyl (C=O) groups excluding carboxylic acids is 1. The largest absolute Gasteiger partial charge is 0.321 e. The number of amides is 1. The summed E-state index contributed by atoms with van der Waals surface area (Å²) < 4.78 is 28.4. The molecule has 0 aliphatic rings. The number of hydrogen-bond donors (Lipinski definition) is 3. The molecule has 1 heterocycles. The Morgan fingerprint density at radius 1 is 0.969 bits per heavy atom. The van der Waals surface area contributed by atoms with Gasteiger partial charge in [-0.15, -0.1) is 0 Å². The van der Waals surface area contributed by atoms with Gasteiger partial charge >= 0.3 is 0 Å². The summed E-state index contributed by atoms with van der Waals surface area (Å²) in [4.78, 5) is 24.8. The molecule has 3 aromatic carbocycles. The number of rotatable bonds is 5. The minimum absolute atomic E-state index is 0.00504. The van der Waals surface area contributed by atoms with Gasteiger partial charge in [-0.3, -0.25) is 14.3 Å². The third-order valence-electron chi connectivity index (χ3n) is 4.72. The lowest BCUT2D eigenvalue weighted by Gasteiger charge is -2.13. The molecule has 32 heavy (non-hydrogen) atoms. The van der Waals surface area contributed by atoms with E-state index in [9.17, 15) is 18.0 Å². The summed E-state index contributed by atoms with van der Waals surface area (Å²) in [5, 5.41) is 9.91. The van der Waals surface area contributed by atoms with Gasteiger partial charge in [0, 0.05) is 16.1 Å². The summed E-state index contributed by atoms with van der Waals surface area (Å²) >= 11 is 5.93.